The summed E-state index contributed by atoms with van der Waals surface area (Å²) in [5, 5.41) is 22.9. The Morgan fingerprint density at radius 2 is 2.14 bits per heavy atom. The molecule has 0 bridgehead atoms. The van der Waals surface area contributed by atoms with Gasteiger partial charge in [0.2, 0.25) is 0 Å². The number of carboxylic acid groups (broad SMARTS) is 1. The molecule has 1 aromatic carbocycles. The molecule has 1 aromatic rings. The molecule has 0 saturated heterocycles. The third-order valence-electron chi connectivity index (χ3n) is 3.00. The fourth-order valence-electron chi connectivity index (χ4n) is 1.87. The minimum Gasteiger partial charge on any atom is -0.481 e. The van der Waals surface area contributed by atoms with E-state index in [1.165, 1.54) is 0 Å². The van der Waals surface area contributed by atoms with Gasteiger partial charge < -0.3 is 15.7 Å². The quantitative estimate of drug-likeness (QED) is 0.713. The molecule has 0 aliphatic heterocycles. The highest BCUT2D eigenvalue weighted by atomic mass is 16.4. The largest absolute Gasteiger partial charge is 0.481 e. The van der Waals surface area contributed by atoms with E-state index in [0.29, 0.717) is 12.0 Å². The molecule has 112 valence electrons. The highest BCUT2D eigenvalue weighted by Gasteiger charge is 2.16. The van der Waals surface area contributed by atoms with Crippen LogP contribution in [0.5, 0.6) is 0 Å². The minimum atomic E-state index is -0.904. The van der Waals surface area contributed by atoms with Gasteiger partial charge in [0.05, 0.1) is 17.6 Å². The first kappa shape index (κ1) is 16.5. The van der Waals surface area contributed by atoms with E-state index in [0.717, 1.165) is 12.0 Å². The lowest BCUT2D eigenvalue weighted by molar-refractivity contribution is -0.141. The summed E-state index contributed by atoms with van der Waals surface area (Å²) in [5.41, 5.74) is 1.34. The molecule has 0 radical (unpaired) electrons. The Morgan fingerprint density at radius 1 is 1.38 bits per heavy atom. The normalized spacial score (nSPS) is 11.2. The van der Waals surface area contributed by atoms with Crippen LogP contribution in [0.4, 0.5) is 4.79 Å². The van der Waals surface area contributed by atoms with Gasteiger partial charge in [-0.1, -0.05) is 25.5 Å². The fraction of sp³-hybridized carbons (Fsp3) is 0.400. The first-order valence-electron chi connectivity index (χ1n) is 6.80. The minimum absolute atomic E-state index is 0.104. The summed E-state index contributed by atoms with van der Waals surface area (Å²) in [5.74, 6) is -1.47. The molecule has 0 spiro atoms. The lowest BCUT2D eigenvalue weighted by Gasteiger charge is -2.13. The van der Waals surface area contributed by atoms with Crippen LogP contribution in [0.1, 0.15) is 30.9 Å². The molecule has 0 aliphatic rings. The molecule has 1 atom stereocenters. The van der Waals surface area contributed by atoms with Crippen LogP contribution >= 0.6 is 0 Å². The van der Waals surface area contributed by atoms with Gasteiger partial charge in [0.1, 0.15) is 0 Å². The highest BCUT2D eigenvalue weighted by Crippen LogP contribution is 2.05. The summed E-state index contributed by atoms with van der Waals surface area (Å²) in [7, 11) is 0. The third-order valence-corrected chi connectivity index (χ3v) is 3.00. The third kappa shape index (κ3) is 5.95. The Kier molecular flexibility index (Phi) is 6.75. The van der Waals surface area contributed by atoms with Gasteiger partial charge in [-0.05, 0) is 24.1 Å². The van der Waals surface area contributed by atoms with Crippen molar-refractivity contribution in [2.75, 3.05) is 6.54 Å². The summed E-state index contributed by atoms with van der Waals surface area (Å²) in [6.45, 7) is 2.29. The molecule has 0 heterocycles. The lowest BCUT2D eigenvalue weighted by Crippen LogP contribution is -2.39. The maximum absolute atomic E-state index is 11.6. The average molecular weight is 289 g/mol. The molecule has 0 aliphatic carbocycles. The van der Waals surface area contributed by atoms with E-state index < -0.39 is 17.9 Å². The van der Waals surface area contributed by atoms with Gasteiger partial charge in [-0.25, -0.2) is 4.79 Å². The number of nitrogens with one attached hydrogen (secondary N) is 2. The maximum atomic E-state index is 11.6. The van der Waals surface area contributed by atoms with E-state index in [1.807, 2.05) is 13.0 Å². The molecular weight excluding hydrogens is 270 g/mol. The number of carbonyl (C=O) groups excluding carboxylic acids is 1. The molecule has 6 nitrogen and oxygen atoms in total. The molecule has 21 heavy (non-hydrogen) atoms. The van der Waals surface area contributed by atoms with E-state index in [4.69, 9.17) is 10.4 Å². The van der Waals surface area contributed by atoms with Crippen molar-refractivity contribution in [2.24, 2.45) is 5.92 Å². The number of rotatable bonds is 7. The van der Waals surface area contributed by atoms with Crippen LogP contribution < -0.4 is 10.6 Å². The van der Waals surface area contributed by atoms with Gasteiger partial charge in [-0.15, -0.1) is 0 Å². The average Bonchev–Trinajstić information content (AvgIpc) is 2.49. The van der Waals surface area contributed by atoms with Crippen LogP contribution in [0, 0.1) is 17.2 Å². The smallest absolute Gasteiger partial charge is 0.315 e. The van der Waals surface area contributed by atoms with Crippen molar-refractivity contribution in [3.63, 3.8) is 0 Å². The van der Waals surface area contributed by atoms with Crippen LogP contribution in [0.25, 0.3) is 0 Å². The Labute approximate surface area is 123 Å². The molecule has 0 saturated carbocycles. The molecule has 0 fully saturated rings. The Hall–Kier alpha value is -2.55. The van der Waals surface area contributed by atoms with Crippen LogP contribution in [0.15, 0.2) is 24.3 Å². The first-order valence-corrected chi connectivity index (χ1v) is 6.80. The predicted octanol–water partition coefficient (Wildman–Crippen LogP) is 1.86. The van der Waals surface area contributed by atoms with E-state index in [9.17, 15) is 9.59 Å². The SMILES string of the molecule is CCCC(CNC(=O)NCc1cccc(C#N)c1)C(=O)O. The van der Waals surface area contributed by atoms with E-state index in [2.05, 4.69) is 10.6 Å². The number of benzene rings is 1. The maximum Gasteiger partial charge on any atom is 0.315 e. The van der Waals surface area contributed by atoms with Crippen molar-refractivity contribution in [2.45, 2.75) is 26.3 Å². The number of urea groups is 1. The second kappa shape index (κ2) is 8.59. The molecule has 6 heteroatoms. The van der Waals surface area contributed by atoms with Crippen molar-refractivity contribution < 1.29 is 14.7 Å². The molecule has 1 unspecified atom stereocenters. The van der Waals surface area contributed by atoms with Crippen LogP contribution in [0.3, 0.4) is 0 Å². The lowest BCUT2D eigenvalue weighted by atomic mass is 10.0. The van der Waals surface area contributed by atoms with Gasteiger partial charge >= 0.3 is 12.0 Å². The topological polar surface area (TPSA) is 102 Å². The van der Waals surface area contributed by atoms with Gasteiger partial charge in [0.25, 0.3) is 0 Å². The van der Waals surface area contributed by atoms with Crippen LogP contribution in [-0.2, 0) is 11.3 Å². The molecular formula is C15H19N3O3. The number of hydrogen-bond donors (Lipinski definition) is 3. The molecule has 2 amide bonds. The Bertz CT molecular complexity index is 537. The monoisotopic (exact) mass is 289 g/mol. The van der Waals surface area contributed by atoms with Gasteiger partial charge in [0.15, 0.2) is 0 Å². The zero-order valence-corrected chi connectivity index (χ0v) is 11.9. The Morgan fingerprint density at radius 3 is 2.76 bits per heavy atom. The standard InChI is InChI=1S/C15H19N3O3/c1-2-4-13(14(19)20)10-18-15(21)17-9-12-6-3-5-11(7-12)8-16/h3,5-7,13H,2,4,9-10H2,1H3,(H,19,20)(H2,17,18,21). The highest BCUT2D eigenvalue weighted by molar-refractivity contribution is 5.75. The summed E-state index contributed by atoms with van der Waals surface area (Å²) in [4.78, 5) is 22.6. The summed E-state index contributed by atoms with van der Waals surface area (Å²) in [6, 6.07) is 8.54. The van der Waals surface area contributed by atoms with Crippen molar-refractivity contribution in [3.8, 4) is 6.07 Å². The number of nitrogens with zero attached hydrogens (tertiary/aromatic N) is 1. The van der Waals surface area contributed by atoms with Gasteiger partial charge in [0, 0.05) is 13.1 Å². The molecule has 0 aromatic heterocycles. The van der Waals surface area contributed by atoms with Crippen LogP contribution in [-0.4, -0.2) is 23.7 Å². The zero-order chi connectivity index (χ0) is 15.7. The van der Waals surface area contributed by atoms with Crippen LogP contribution in [0.2, 0.25) is 0 Å². The summed E-state index contributed by atoms with van der Waals surface area (Å²) < 4.78 is 0. The van der Waals surface area contributed by atoms with Gasteiger partial charge in [-0.3, -0.25) is 4.79 Å². The van der Waals surface area contributed by atoms with E-state index >= 15 is 0 Å². The van der Waals surface area contributed by atoms with E-state index in [1.54, 1.807) is 24.3 Å². The zero-order valence-electron chi connectivity index (χ0n) is 11.9. The Balaban J connectivity index is 2.40. The number of hydrogen-bond acceptors (Lipinski definition) is 3. The number of amides is 2. The number of aliphatic carboxylic acids is 1. The number of carboxylic acids is 1. The second-order valence-corrected chi connectivity index (χ2v) is 4.70. The fourth-order valence-corrected chi connectivity index (χ4v) is 1.87. The molecule has 3 N–H and O–H groups in total. The van der Waals surface area contributed by atoms with Crippen molar-refractivity contribution >= 4 is 12.0 Å². The van der Waals surface area contributed by atoms with Gasteiger partial charge in [-0.2, -0.15) is 5.26 Å². The number of nitriles is 1. The molecule has 1 rings (SSSR count). The first-order chi connectivity index (χ1) is 10.1. The van der Waals surface area contributed by atoms with E-state index in [-0.39, 0.29) is 13.1 Å². The second-order valence-electron chi connectivity index (χ2n) is 4.70. The van der Waals surface area contributed by atoms with Crippen molar-refractivity contribution in [1.82, 2.24) is 10.6 Å². The number of carbonyl (C=O) groups is 2. The van der Waals surface area contributed by atoms with Crippen molar-refractivity contribution in [3.05, 3.63) is 35.4 Å². The summed E-state index contributed by atoms with van der Waals surface area (Å²) >= 11 is 0. The van der Waals surface area contributed by atoms with Crippen molar-refractivity contribution in [1.29, 1.82) is 5.26 Å². The summed E-state index contributed by atoms with van der Waals surface area (Å²) in [6.07, 6.45) is 1.28. The predicted molar refractivity (Wildman–Crippen MR) is 77.4 cm³/mol.